The van der Waals surface area contributed by atoms with Gasteiger partial charge in [0.05, 0.1) is 16.8 Å². The van der Waals surface area contributed by atoms with Crippen LogP contribution in [0, 0.1) is 17.2 Å². The van der Waals surface area contributed by atoms with Crippen molar-refractivity contribution in [1.82, 2.24) is 14.4 Å². The number of allylic oxidation sites excluding steroid dienone is 1. The summed E-state index contributed by atoms with van der Waals surface area (Å²) >= 11 is 0. The molecule has 1 aliphatic rings. The van der Waals surface area contributed by atoms with Crippen LogP contribution in [0.5, 0.6) is 0 Å². The number of hydrogen-bond donors (Lipinski definition) is 1. The number of alkyl halides is 3. The van der Waals surface area contributed by atoms with Gasteiger partial charge in [0.2, 0.25) is 0 Å². The van der Waals surface area contributed by atoms with E-state index in [-0.39, 0.29) is 17.2 Å². The van der Waals surface area contributed by atoms with Crippen LogP contribution in [0.1, 0.15) is 52.8 Å². The summed E-state index contributed by atoms with van der Waals surface area (Å²) in [5.74, 6) is -1.06. The largest absolute Gasteiger partial charge is 0.478 e. The van der Waals surface area contributed by atoms with Crippen LogP contribution in [-0.4, -0.2) is 25.4 Å². The van der Waals surface area contributed by atoms with Gasteiger partial charge in [0.1, 0.15) is 11.7 Å². The number of carboxylic acids is 1. The highest BCUT2D eigenvalue weighted by Crippen LogP contribution is 2.45. The maximum Gasteiger partial charge on any atom is 0.417 e. The molecule has 0 amide bonds. The average molecular weight is 515 g/mol. The lowest BCUT2D eigenvalue weighted by Crippen LogP contribution is -2.17. The van der Waals surface area contributed by atoms with Gasteiger partial charge in [-0.25, -0.2) is 9.78 Å². The molecule has 0 unspecified atom stereocenters. The average Bonchev–Trinajstić information content (AvgIpc) is 3.34. The maximum atomic E-state index is 13.4. The predicted octanol–water partition coefficient (Wildman–Crippen LogP) is 6.48. The van der Waals surface area contributed by atoms with Crippen molar-refractivity contribution < 1.29 is 23.1 Å². The zero-order chi connectivity index (χ0) is 26.9. The van der Waals surface area contributed by atoms with Gasteiger partial charge >= 0.3 is 12.1 Å². The third-order valence-electron chi connectivity index (χ3n) is 6.67. The summed E-state index contributed by atoms with van der Waals surface area (Å²) < 4.78 is 42.1. The Kier molecular flexibility index (Phi) is 6.55. The zero-order valence-corrected chi connectivity index (χ0v) is 20.0. The molecule has 6 nitrogen and oxygen atoms in total. The van der Waals surface area contributed by atoms with Gasteiger partial charge in [-0.3, -0.25) is 4.98 Å². The van der Waals surface area contributed by atoms with E-state index < -0.39 is 17.7 Å². The summed E-state index contributed by atoms with van der Waals surface area (Å²) in [6, 6.07) is 13.8. The highest BCUT2D eigenvalue weighted by Gasteiger charge is 2.34. The van der Waals surface area contributed by atoms with E-state index in [2.05, 4.69) is 9.97 Å². The lowest BCUT2D eigenvalue weighted by molar-refractivity contribution is -0.138. The number of benzene rings is 1. The van der Waals surface area contributed by atoms with Gasteiger partial charge in [-0.1, -0.05) is 30.7 Å². The topological polar surface area (TPSA) is 91.3 Å². The zero-order valence-electron chi connectivity index (χ0n) is 20.0. The lowest BCUT2D eigenvalue weighted by atomic mass is 9.73. The van der Waals surface area contributed by atoms with E-state index in [4.69, 9.17) is 5.11 Å². The Hall–Kier alpha value is -4.71. The number of aromatic nitrogens is 3. The molecular formula is C29H21F3N4O2. The molecule has 1 saturated carbocycles. The standard InChI is InChI=1S/C29H21F3N4O2/c30-29(31,32)23-14-22(15-33)28(35-16-23)27(19-2-1-3-19)26(21-9-10-24-34-12-13-36(24)17-21)20-7-4-18(5-8-20)6-11-25(37)38/h4-14,16-17,19H,1-3H2,(H,37,38). The lowest BCUT2D eigenvalue weighted by Gasteiger charge is -2.31. The predicted molar refractivity (Wildman–Crippen MR) is 136 cm³/mol. The fourth-order valence-corrected chi connectivity index (χ4v) is 4.61. The third kappa shape index (κ3) is 4.93. The minimum atomic E-state index is -4.62. The summed E-state index contributed by atoms with van der Waals surface area (Å²) in [6.07, 6.45) is 6.65. The van der Waals surface area contributed by atoms with Gasteiger partial charge in [0.15, 0.2) is 0 Å². The molecule has 190 valence electrons. The first kappa shape index (κ1) is 25.0. The van der Waals surface area contributed by atoms with Crippen LogP contribution in [0.2, 0.25) is 0 Å². The van der Waals surface area contributed by atoms with Crippen LogP contribution in [0.3, 0.4) is 0 Å². The van der Waals surface area contributed by atoms with Crippen molar-refractivity contribution in [2.75, 3.05) is 0 Å². The molecule has 38 heavy (non-hydrogen) atoms. The molecule has 5 rings (SSSR count). The molecule has 3 aromatic heterocycles. The smallest absolute Gasteiger partial charge is 0.417 e. The van der Waals surface area contributed by atoms with Crippen molar-refractivity contribution in [3.8, 4) is 6.07 Å². The first-order valence-corrected chi connectivity index (χ1v) is 11.9. The van der Waals surface area contributed by atoms with E-state index in [0.29, 0.717) is 5.56 Å². The molecule has 0 spiro atoms. The van der Waals surface area contributed by atoms with E-state index >= 15 is 0 Å². The van der Waals surface area contributed by atoms with Crippen molar-refractivity contribution in [2.24, 2.45) is 5.92 Å². The Morgan fingerprint density at radius 3 is 2.47 bits per heavy atom. The Labute approximate surface area is 216 Å². The Balaban J connectivity index is 1.77. The minimum absolute atomic E-state index is 0.00593. The quantitative estimate of drug-likeness (QED) is 0.298. The second-order valence-electron chi connectivity index (χ2n) is 9.05. The van der Waals surface area contributed by atoms with E-state index in [0.717, 1.165) is 65.5 Å². The van der Waals surface area contributed by atoms with E-state index in [1.807, 2.05) is 40.9 Å². The van der Waals surface area contributed by atoms with Gasteiger partial charge in [0.25, 0.3) is 0 Å². The summed E-state index contributed by atoms with van der Waals surface area (Å²) in [5.41, 5.74) is 3.57. The second kappa shape index (κ2) is 9.98. The van der Waals surface area contributed by atoms with Gasteiger partial charge < -0.3 is 9.51 Å². The molecular weight excluding hydrogens is 493 g/mol. The molecule has 9 heteroatoms. The maximum absolute atomic E-state index is 13.4. The highest BCUT2D eigenvalue weighted by molar-refractivity contribution is 6.00. The van der Waals surface area contributed by atoms with Crippen molar-refractivity contribution in [1.29, 1.82) is 5.26 Å². The number of carboxylic acid groups (broad SMARTS) is 1. The second-order valence-corrected chi connectivity index (χ2v) is 9.05. The van der Waals surface area contributed by atoms with Gasteiger partial charge in [-0.15, -0.1) is 0 Å². The van der Waals surface area contributed by atoms with Crippen LogP contribution >= 0.6 is 0 Å². The molecule has 1 fully saturated rings. The number of carbonyl (C=O) groups is 1. The molecule has 0 saturated heterocycles. The highest BCUT2D eigenvalue weighted by atomic mass is 19.4. The molecule has 4 aromatic rings. The molecule has 0 bridgehead atoms. The number of halogens is 3. The first-order valence-electron chi connectivity index (χ1n) is 11.9. The van der Waals surface area contributed by atoms with Crippen LogP contribution in [0.4, 0.5) is 13.2 Å². The molecule has 1 aromatic carbocycles. The summed E-state index contributed by atoms with van der Waals surface area (Å²) in [4.78, 5) is 19.4. The number of fused-ring (bicyclic) bond motifs is 1. The number of aliphatic carboxylic acids is 1. The molecule has 1 N–H and O–H groups in total. The van der Waals surface area contributed by atoms with Crippen LogP contribution < -0.4 is 0 Å². The Morgan fingerprint density at radius 1 is 1.11 bits per heavy atom. The number of nitrogens with zero attached hydrogens (tertiary/aromatic N) is 4. The minimum Gasteiger partial charge on any atom is -0.478 e. The van der Waals surface area contributed by atoms with Crippen molar-refractivity contribution in [2.45, 2.75) is 25.4 Å². The molecule has 1 aliphatic carbocycles. The fraction of sp³-hybridized carbons (Fsp3) is 0.172. The molecule has 3 heterocycles. The van der Waals surface area contributed by atoms with Crippen molar-refractivity contribution in [3.63, 3.8) is 0 Å². The van der Waals surface area contributed by atoms with Gasteiger partial charge in [-0.05, 0) is 70.9 Å². The van der Waals surface area contributed by atoms with E-state index in [1.165, 1.54) is 6.08 Å². The van der Waals surface area contributed by atoms with Crippen molar-refractivity contribution in [3.05, 3.63) is 107 Å². The SMILES string of the molecule is N#Cc1cc(C(F)(F)F)cnc1C(=C(c1ccc(C=CC(=O)O)cc1)c1ccc2nccn2c1)C1CCC1. The first-order chi connectivity index (χ1) is 18.2. The van der Waals surface area contributed by atoms with Gasteiger partial charge in [-0.2, -0.15) is 18.4 Å². The third-order valence-corrected chi connectivity index (χ3v) is 6.67. The number of imidazole rings is 1. The van der Waals surface area contributed by atoms with Crippen LogP contribution in [0.15, 0.2) is 73.3 Å². The van der Waals surface area contributed by atoms with E-state index in [1.54, 1.807) is 24.5 Å². The van der Waals surface area contributed by atoms with Gasteiger partial charge in [0, 0.05) is 30.9 Å². The number of pyridine rings is 2. The molecule has 0 radical (unpaired) electrons. The number of nitriles is 1. The molecule has 0 atom stereocenters. The summed E-state index contributed by atoms with van der Waals surface area (Å²) in [5, 5.41) is 18.8. The Bertz CT molecular complexity index is 1620. The van der Waals surface area contributed by atoms with E-state index in [9.17, 15) is 23.2 Å². The molecule has 0 aliphatic heterocycles. The Morgan fingerprint density at radius 2 is 1.84 bits per heavy atom. The number of hydrogen-bond acceptors (Lipinski definition) is 4. The monoisotopic (exact) mass is 514 g/mol. The summed E-state index contributed by atoms with van der Waals surface area (Å²) in [6.45, 7) is 0. The summed E-state index contributed by atoms with van der Waals surface area (Å²) in [7, 11) is 0. The fourth-order valence-electron chi connectivity index (χ4n) is 4.61. The number of rotatable bonds is 6. The van der Waals surface area contributed by atoms with Crippen LogP contribution in [-0.2, 0) is 11.0 Å². The normalized spacial score (nSPS) is 14.8. The van der Waals surface area contributed by atoms with Crippen LogP contribution in [0.25, 0.3) is 22.9 Å². The van der Waals surface area contributed by atoms with Crippen molar-refractivity contribution >= 4 is 28.8 Å².